The minimum absolute atomic E-state index is 0.437. The van der Waals surface area contributed by atoms with Gasteiger partial charge in [0.15, 0.2) is 5.11 Å². The summed E-state index contributed by atoms with van der Waals surface area (Å²) in [6, 6.07) is 1.43. The number of rotatable bonds is 5. The van der Waals surface area contributed by atoms with Crippen LogP contribution in [0.5, 0.6) is 0 Å². The Balaban J connectivity index is 1.12. The lowest BCUT2D eigenvalue weighted by Gasteiger charge is -2.32. The molecule has 0 saturated heterocycles. The van der Waals surface area contributed by atoms with Crippen molar-refractivity contribution in [1.29, 1.82) is 0 Å². The third-order valence-corrected chi connectivity index (χ3v) is 7.81. The molecular formula is C24H36N6S. The molecule has 1 heterocycles. The first-order valence-electron chi connectivity index (χ1n) is 12.1. The maximum absolute atomic E-state index is 5.63. The molecule has 0 radical (unpaired) electrons. The average molecular weight is 441 g/mol. The molecule has 0 aliphatic heterocycles. The van der Waals surface area contributed by atoms with E-state index in [-0.39, 0.29) is 0 Å². The second-order valence-corrected chi connectivity index (χ2v) is 10.5. The topological polar surface area (TPSA) is 65.1 Å². The molecule has 4 aliphatic rings. The lowest BCUT2D eigenvalue weighted by molar-refractivity contribution is 0.382. The van der Waals surface area contributed by atoms with Crippen molar-refractivity contribution >= 4 is 29.1 Å². The number of aromatic nitrogens is 2. The van der Waals surface area contributed by atoms with E-state index in [0.717, 1.165) is 61.3 Å². The van der Waals surface area contributed by atoms with E-state index in [1.807, 2.05) is 0 Å². The van der Waals surface area contributed by atoms with Gasteiger partial charge in [-0.15, -0.1) is 0 Å². The fraction of sp³-hybridized carbons (Fsp3) is 0.708. The molecule has 7 heteroatoms. The Morgan fingerprint density at radius 2 is 1.74 bits per heavy atom. The van der Waals surface area contributed by atoms with Crippen LogP contribution in [0.3, 0.4) is 0 Å². The highest BCUT2D eigenvalue weighted by Gasteiger charge is 2.36. The highest BCUT2D eigenvalue weighted by molar-refractivity contribution is 7.80. The number of hydrogen-bond donors (Lipinski definition) is 3. The highest BCUT2D eigenvalue weighted by Crippen LogP contribution is 2.39. The summed E-state index contributed by atoms with van der Waals surface area (Å²) in [4.78, 5) is 11.9. The van der Waals surface area contributed by atoms with Crippen molar-refractivity contribution in [2.75, 3.05) is 24.3 Å². The van der Waals surface area contributed by atoms with Crippen LogP contribution in [0.4, 0.5) is 11.8 Å². The molecule has 168 valence electrons. The minimum Gasteiger partial charge on any atom is -0.362 e. The van der Waals surface area contributed by atoms with Gasteiger partial charge in [0.2, 0.25) is 5.95 Å². The van der Waals surface area contributed by atoms with Crippen LogP contribution < -0.4 is 20.9 Å². The SMILES string of the molecule is CN(C)c1nc(NC2CCC(NC(=S)NC3C[C@@H]4C=C[C@H]3C4)CC2)nc2c1CCCC2. The summed E-state index contributed by atoms with van der Waals surface area (Å²) in [7, 11) is 4.17. The van der Waals surface area contributed by atoms with E-state index in [4.69, 9.17) is 22.2 Å². The summed E-state index contributed by atoms with van der Waals surface area (Å²) in [5.74, 6) is 3.34. The fourth-order valence-electron chi connectivity index (χ4n) is 5.92. The molecule has 2 fully saturated rings. The molecule has 5 rings (SSSR count). The van der Waals surface area contributed by atoms with Crippen molar-refractivity contribution in [1.82, 2.24) is 20.6 Å². The Labute approximate surface area is 191 Å². The number of fused-ring (bicyclic) bond motifs is 3. The van der Waals surface area contributed by atoms with E-state index in [1.165, 1.54) is 36.9 Å². The Bertz CT molecular complexity index is 845. The predicted molar refractivity (Wildman–Crippen MR) is 131 cm³/mol. The van der Waals surface area contributed by atoms with E-state index in [1.54, 1.807) is 0 Å². The molecule has 0 spiro atoms. The van der Waals surface area contributed by atoms with E-state index in [2.05, 4.69) is 47.1 Å². The maximum atomic E-state index is 5.63. The fourth-order valence-corrected chi connectivity index (χ4v) is 6.23. The standard InChI is InChI=1S/C24H36N6S/c1-30(2)22-19-5-3-4-6-20(19)27-23(29-22)25-17-9-11-18(12-10-17)26-24(31)28-21-14-15-7-8-16(21)13-15/h7-8,15-18,21H,3-6,9-14H2,1-2H3,(H,25,27,29)(H2,26,28,31)/t15-,16+,17?,18?,21?/m1/s1. The molecule has 6 nitrogen and oxygen atoms in total. The minimum atomic E-state index is 0.437. The Morgan fingerprint density at radius 3 is 2.45 bits per heavy atom. The van der Waals surface area contributed by atoms with E-state index < -0.39 is 0 Å². The normalized spacial score (nSPS) is 31.2. The average Bonchev–Trinajstić information content (AvgIpc) is 3.37. The van der Waals surface area contributed by atoms with Crippen molar-refractivity contribution in [3.05, 3.63) is 23.4 Å². The van der Waals surface area contributed by atoms with Crippen molar-refractivity contribution in [2.24, 2.45) is 11.8 Å². The molecule has 2 bridgehead atoms. The van der Waals surface area contributed by atoms with E-state index in [0.29, 0.717) is 24.0 Å². The van der Waals surface area contributed by atoms with Gasteiger partial charge in [0.25, 0.3) is 0 Å². The number of thiocarbonyl (C=S) groups is 1. The first-order valence-corrected chi connectivity index (χ1v) is 12.5. The van der Waals surface area contributed by atoms with Crippen LogP contribution in [-0.2, 0) is 12.8 Å². The summed E-state index contributed by atoms with van der Waals surface area (Å²) in [5.41, 5.74) is 2.59. The zero-order valence-corrected chi connectivity index (χ0v) is 19.7. The Kier molecular flexibility index (Phi) is 6.04. The van der Waals surface area contributed by atoms with E-state index >= 15 is 0 Å². The quantitative estimate of drug-likeness (QED) is 0.478. The molecule has 0 aromatic carbocycles. The van der Waals surface area contributed by atoms with Gasteiger partial charge in [0.1, 0.15) is 5.82 Å². The molecule has 0 amide bonds. The van der Waals surface area contributed by atoms with Gasteiger partial charge >= 0.3 is 0 Å². The van der Waals surface area contributed by atoms with Crippen molar-refractivity contribution in [3.8, 4) is 0 Å². The number of nitrogens with one attached hydrogen (secondary N) is 3. The van der Waals surface area contributed by atoms with Crippen LogP contribution in [0.15, 0.2) is 12.2 Å². The van der Waals surface area contributed by atoms with Crippen molar-refractivity contribution in [2.45, 2.75) is 82.3 Å². The highest BCUT2D eigenvalue weighted by atomic mass is 32.1. The second-order valence-electron chi connectivity index (χ2n) is 10.1. The van der Waals surface area contributed by atoms with Gasteiger partial charge < -0.3 is 20.9 Å². The third-order valence-electron chi connectivity index (χ3n) is 7.58. The molecule has 3 N–H and O–H groups in total. The van der Waals surface area contributed by atoms with Gasteiger partial charge in [-0.25, -0.2) is 4.98 Å². The summed E-state index contributed by atoms with van der Waals surface area (Å²) >= 11 is 5.63. The van der Waals surface area contributed by atoms with Crippen LogP contribution in [0, 0.1) is 11.8 Å². The molecule has 2 saturated carbocycles. The van der Waals surface area contributed by atoms with Crippen LogP contribution >= 0.6 is 12.2 Å². The zero-order chi connectivity index (χ0) is 21.4. The second kappa shape index (κ2) is 8.93. The van der Waals surface area contributed by atoms with Crippen molar-refractivity contribution < 1.29 is 0 Å². The maximum Gasteiger partial charge on any atom is 0.225 e. The van der Waals surface area contributed by atoms with Gasteiger partial charge in [-0.1, -0.05) is 12.2 Å². The van der Waals surface area contributed by atoms with Gasteiger partial charge in [0, 0.05) is 37.8 Å². The van der Waals surface area contributed by atoms with Gasteiger partial charge in [-0.05, 0) is 88.3 Å². The molecular weight excluding hydrogens is 404 g/mol. The smallest absolute Gasteiger partial charge is 0.225 e. The third kappa shape index (κ3) is 4.66. The molecule has 31 heavy (non-hydrogen) atoms. The Hall–Kier alpha value is -1.89. The first kappa shape index (κ1) is 21.0. The van der Waals surface area contributed by atoms with Gasteiger partial charge in [-0.2, -0.15) is 4.98 Å². The lowest BCUT2D eigenvalue weighted by Crippen LogP contribution is -2.48. The predicted octanol–water partition coefficient (Wildman–Crippen LogP) is 3.57. The number of anilines is 2. The summed E-state index contributed by atoms with van der Waals surface area (Å²) < 4.78 is 0. The monoisotopic (exact) mass is 440 g/mol. The Morgan fingerprint density at radius 1 is 0.968 bits per heavy atom. The lowest BCUT2D eigenvalue weighted by atomic mass is 9.91. The van der Waals surface area contributed by atoms with Gasteiger partial charge in [-0.3, -0.25) is 0 Å². The largest absolute Gasteiger partial charge is 0.362 e. The van der Waals surface area contributed by atoms with Crippen LogP contribution in [0.1, 0.15) is 62.6 Å². The van der Waals surface area contributed by atoms with Gasteiger partial charge in [0.05, 0.1) is 5.69 Å². The molecule has 1 aromatic rings. The number of aryl methyl sites for hydroxylation is 1. The molecule has 1 unspecified atom stereocenters. The van der Waals surface area contributed by atoms with E-state index in [9.17, 15) is 0 Å². The van der Waals surface area contributed by atoms with Crippen LogP contribution in [-0.4, -0.2) is 47.3 Å². The molecule has 3 atom stereocenters. The van der Waals surface area contributed by atoms with Crippen LogP contribution in [0.25, 0.3) is 0 Å². The summed E-state index contributed by atoms with van der Waals surface area (Å²) in [5, 5.41) is 11.7. The first-order chi connectivity index (χ1) is 15.0. The number of nitrogens with zero attached hydrogens (tertiary/aromatic N) is 3. The van der Waals surface area contributed by atoms with Crippen LogP contribution in [0.2, 0.25) is 0 Å². The van der Waals surface area contributed by atoms with Crippen molar-refractivity contribution in [3.63, 3.8) is 0 Å². The number of hydrogen-bond acceptors (Lipinski definition) is 5. The molecule has 4 aliphatic carbocycles. The summed E-state index contributed by atoms with van der Waals surface area (Å²) in [6.07, 6.45) is 16.4. The summed E-state index contributed by atoms with van der Waals surface area (Å²) in [6.45, 7) is 0. The molecule has 1 aromatic heterocycles. The number of allylic oxidation sites excluding steroid dienone is 1. The zero-order valence-electron chi connectivity index (χ0n) is 18.9.